The molecule has 0 aromatic heterocycles. The quantitative estimate of drug-likeness (QED) is 0.0977. The molecule has 1 saturated carbocycles. The summed E-state index contributed by atoms with van der Waals surface area (Å²) in [7, 11) is 3.14. The predicted octanol–water partition coefficient (Wildman–Crippen LogP) is 7.11. The molecule has 4 unspecified atom stereocenters. The number of imide groups is 1. The molecule has 8 rings (SSSR count). The number of ketones is 1. The molecular formula is C42H32N2O7. The van der Waals surface area contributed by atoms with Gasteiger partial charge in [-0.3, -0.25) is 24.5 Å². The van der Waals surface area contributed by atoms with Gasteiger partial charge in [-0.15, -0.1) is 0 Å². The van der Waals surface area contributed by atoms with Crippen molar-refractivity contribution in [1.29, 1.82) is 0 Å². The number of aryl methyl sites for hydroxylation is 1. The summed E-state index contributed by atoms with van der Waals surface area (Å²) in [6, 6.07) is 37.4. The van der Waals surface area contributed by atoms with E-state index in [2.05, 4.69) is 0 Å². The Hall–Kier alpha value is -6.35. The van der Waals surface area contributed by atoms with Crippen LogP contribution in [0.4, 0.5) is 11.4 Å². The molecule has 2 aliphatic carbocycles. The molecule has 1 saturated heterocycles. The predicted molar refractivity (Wildman–Crippen MR) is 191 cm³/mol. The van der Waals surface area contributed by atoms with Crippen molar-refractivity contribution in [2.75, 3.05) is 19.1 Å². The highest BCUT2D eigenvalue weighted by atomic mass is 16.6. The minimum Gasteiger partial charge on any atom is -0.497 e. The summed E-state index contributed by atoms with van der Waals surface area (Å²) in [6.07, 6.45) is 0. The van der Waals surface area contributed by atoms with Gasteiger partial charge in [0, 0.05) is 6.07 Å². The van der Waals surface area contributed by atoms with E-state index in [1.807, 2.05) is 84.9 Å². The Labute approximate surface area is 293 Å². The number of methoxy groups -OCH3 is 2. The zero-order valence-electron chi connectivity index (χ0n) is 28.0. The molecule has 9 heteroatoms. The third kappa shape index (κ3) is 4.18. The largest absolute Gasteiger partial charge is 0.497 e. The number of hydrogen-bond donors (Lipinski definition) is 0. The van der Waals surface area contributed by atoms with E-state index in [-0.39, 0.29) is 17.2 Å². The summed E-state index contributed by atoms with van der Waals surface area (Å²) >= 11 is 0. The lowest BCUT2D eigenvalue weighted by atomic mass is 9.59. The zero-order chi connectivity index (χ0) is 35.7. The fraction of sp³-hybridized carbons (Fsp3) is 0.167. The van der Waals surface area contributed by atoms with Crippen molar-refractivity contribution in [3.8, 4) is 11.5 Å². The summed E-state index contributed by atoms with van der Waals surface area (Å²) in [6.45, 7) is 1.71. The number of Topliss-reactive ketones (excluding diaryl/α,β-unsaturated/α-hetero) is 1. The van der Waals surface area contributed by atoms with E-state index in [4.69, 9.17) is 9.47 Å². The standard InChI is InChI=1S/C42H32N2O7/c1-25-14-23-32(33(24-25)44(48)49)43-38(45)36-37(39(43)46)42(29-12-8-5-9-13-29)35(27-17-21-31(51-3)22-18-27)34(26-15-19-30(50-2)20-16-26)41(36,40(42)47)28-10-6-4-7-11-28/h4-24,36-37H,1-3H3. The van der Waals surface area contributed by atoms with E-state index in [1.54, 1.807) is 51.5 Å². The number of nitrogens with zero attached hydrogens (tertiary/aromatic N) is 2. The summed E-state index contributed by atoms with van der Waals surface area (Å²) in [5.74, 6) is -2.85. The highest BCUT2D eigenvalue weighted by Gasteiger charge is 2.83. The van der Waals surface area contributed by atoms with Gasteiger partial charge < -0.3 is 9.47 Å². The first-order valence-corrected chi connectivity index (χ1v) is 16.5. The van der Waals surface area contributed by atoms with Crippen LogP contribution >= 0.6 is 0 Å². The number of amides is 2. The maximum Gasteiger partial charge on any atom is 0.293 e. The number of anilines is 1. The number of rotatable bonds is 8. The monoisotopic (exact) mass is 676 g/mol. The Morgan fingerprint density at radius 3 is 1.45 bits per heavy atom. The molecule has 4 atom stereocenters. The Morgan fingerprint density at radius 1 is 0.627 bits per heavy atom. The number of carbonyl (C=O) groups is 3. The number of fused-ring (bicyclic) bond motifs is 5. The van der Waals surface area contributed by atoms with Crippen molar-refractivity contribution in [2.24, 2.45) is 11.8 Å². The number of nitro groups is 1. The third-order valence-electron chi connectivity index (χ3n) is 10.8. The van der Waals surface area contributed by atoms with Crippen LogP contribution < -0.4 is 14.4 Å². The maximum absolute atomic E-state index is 16.1. The van der Waals surface area contributed by atoms with E-state index in [1.165, 1.54) is 12.1 Å². The Balaban J connectivity index is 1.54. The number of hydrogen-bond acceptors (Lipinski definition) is 7. The molecule has 252 valence electrons. The van der Waals surface area contributed by atoms with Crippen LogP contribution in [0.25, 0.3) is 11.1 Å². The average Bonchev–Trinajstić information content (AvgIpc) is 3.67. The Morgan fingerprint density at radius 2 is 1.06 bits per heavy atom. The average molecular weight is 677 g/mol. The Kier molecular flexibility index (Phi) is 7.27. The number of nitro benzene ring substituents is 1. The second-order valence-corrected chi connectivity index (χ2v) is 13.1. The number of benzene rings is 5. The highest BCUT2D eigenvalue weighted by molar-refractivity contribution is 6.39. The Bertz CT molecular complexity index is 2160. The van der Waals surface area contributed by atoms with Gasteiger partial charge in [0.2, 0.25) is 11.8 Å². The molecule has 51 heavy (non-hydrogen) atoms. The topological polar surface area (TPSA) is 116 Å². The van der Waals surface area contributed by atoms with Crippen LogP contribution in [-0.2, 0) is 25.2 Å². The second kappa shape index (κ2) is 11.6. The molecule has 5 aromatic rings. The SMILES string of the molecule is COc1ccc(C2=C(c3ccc(OC)cc3)C3(c4ccccc4)C(=O)C2(c2ccccc2)C2C(=O)N(c4ccc(C)cc4[N+](=O)[O-])C(=O)C23)cc1. The number of carbonyl (C=O) groups excluding carboxylic acids is 3. The summed E-state index contributed by atoms with van der Waals surface area (Å²) in [5.41, 5.74) is 0.450. The molecule has 3 aliphatic rings. The molecule has 2 fully saturated rings. The van der Waals surface area contributed by atoms with Crippen molar-refractivity contribution < 1.29 is 28.8 Å². The van der Waals surface area contributed by atoms with Gasteiger partial charge in [-0.1, -0.05) is 91.0 Å². The first-order chi connectivity index (χ1) is 24.7. The van der Waals surface area contributed by atoms with Crippen molar-refractivity contribution in [3.63, 3.8) is 0 Å². The molecule has 9 nitrogen and oxygen atoms in total. The van der Waals surface area contributed by atoms with E-state index >= 15 is 14.4 Å². The molecule has 0 spiro atoms. The fourth-order valence-electron chi connectivity index (χ4n) is 8.85. The molecular weight excluding hydrogens is 644 g/mol. The van der Waals surface area contributed by atoms with E-state index in [0.29, 0.717) is 50.5 Å². The molecule has 2 amide bonds. The molecule has 1 heterocycles. The van der Waals surface area contributed by atoms with Gasteiger partial charge in [0.1, 0.15) is 17.2 Å². The number of allylic oxidation sites excluding steroid dienone is 2. The normalized spacial score (nSPS) is 23.5. The van der Waals surface area contributed by atoms with E-state index < -0.39 is 39.4 Å². The second-order valence-electron chi connectivity index (χ2n) is 13.1. The van der Waals surface area contributed by atoms with E-state index in [9.17, 15) is 10.1 Å². The van der Waals surface area contributed by atoms with Crippen molar-refractivity contribution in [1.82, 2.24) is 0 Å². The summed E-state index contributed by atoms with van der Waals surface area (Å²) in [4.78, 5) is 59.3. The minimum absolute atomic E-state index is 0.120. The first-order valence-electron chi connectivity index (χ1n) is 16.5. The van der Waals surface area contributed by atoms with Crippen LogP contribution in [0.1, 0.15) is 27.8 Å². The van der Waals surface area contributed by atoms with Crippen molar-refractivity contribution >= 4 is 40.1 Å². The van der Waals surface area contributed by atoms with Gasteiger partial charge in [-0.2, -0.15) is 0 Å². The summed E-state index contributed by atoms with van der Waals surface area (Å²) in [5, 5.41) is 12.4. The minimum atomic E-state index is -1.66. The lowest BCUT2D eigenvalue weighted by molar-refractivity contribution is -0.384. The van der Waals surface area contributed by atoms with E-state index in [0.717, 1.165) is 4.90 Å². The lowest BCUT2D eigenvalue weighted by Crippen LogP contribution is -2.45. The molecule has 1 aliphatic heterocycles. The van der Waals surface area contributed by atoms with Crippen LogP contribution in [0.2, 0.25) is 0 Å². The van der Waals surface area contributed by atoms with Gasteiger partial charge in [-0.25, -0.2) is 4.90 Å². The van der Waals surface area contributed by atoms with Crippen LogP contribution in [0.3, 0.4) is 0 Å². The van der Waals surface area contributed by atoms with Crippen LogP contribution in [0.5, 0.6) is 11.5 Å². The van der Waals surface area contributed by atoms with Crippen LogP contribution in [0, 0.1) is 28.9 Å². The molecule has 2 bridgehead atoms. The van der Waals surface area contributed by atoms with Gasteiger partial charge >= 0.3 is 0 Å². The summed E-state index contributed by atoms with van der Waals surface area (Å²) < 4.78 is 11.0. The maximum atomic E-state index is 16.1. The van der Waals surface area contributed by atoms with Gasteiger partial charge in [-0.05, 0) is 76.2 Å². The third-order valence-corrected chi connectivity index (χ3v) is 10.8. The van der Waals surface area contributed by atoms with Gasteiger partial charge in [0.15, 0.2) is 5.78 Å². The van der Waals surface area contributed by atoms with Crippen molar-refractivity contribution in [3.05, 3.63) is 165 Å². The molecule has 0 N–H and O–H groups in total. The van der Waals surface area contributed by atoms with Crippen molar-refractivity contribution in [2.45, 2.75) is 17.8 Å². The first kappa shape index (κ1) is 31.9. The van der Waals surface area contributed by atoms with Crippen LogP contribution in [-0.4, -0.2) is 36.7 Å². The molecule has 0 radical (unpaired) electrons. The van der Waals surface area contributed by atoms with Crippen LogP contribution in [0.15, 0.2) is 127 Å². The zero-order valence-corrected chi connectivity index (χ0v) is 28.0. The lowest BCUT2D eigenvalue weighted by Gasteiger charge is -2.39. The fourth-order valence-corrected chi connectivity index (χ4v) is 8.85. The molecule has 5 aromatic carbocycles. The van der Waals surface area contributed by atoms with Gasteiger partial charge in [0.05, 0.1) is 41.8 Å². The smallest absolute Gasteiger partial charge is 0.293 e. The highest BCUT2D eigenvalue weighted by Crippen LogP contribution is 2.74. The van der Waals surface area contributed by atoms with Gasteiger partial charge in [0.25, 0.3) is 5.69 Å². The number of ether oxygens (including phenoxy) is 2.